The number of unbranched alkanes of at least 4 members (excludes halogenated alkanes) is 5. The summed E-state index contributed by atoms with van der Waals surface area (Å²) in [6, 6.07) is 6.42. The number of aryl methyl sites for hydroxylation is 2. The third-order valence-electron chi connectivity index (χ3n) is 3.49. The molecule has 0 bridgehead atoms. The lowest BCUT2D eigenvalue weighted by Crippen LogP contribution is -2.03. The molecule has 19 heavy (non-hydrogen) atoms. The molecule has 0 fully saturated rings. The third-order valence-corrected chi connectivity index (χ3v) is 3.49. The molecule has 0 aliphatic rings. The van der Waals surface area contributed by atoms with E-state index in [0.717, 1.165) is 12.8 Å². The summed E-state index contributed by atoms with van der Waals surface area (Å²) in [5, 5.41) is 0. The molecule has 1 rings (SSSR count). The van der Waals surface area contributed by atoms with Gasteiger partial charge < -0.3 is 0 Å². The summed E-state index contributed by atoms with van der Waals surface area (Å²) in [5.41, 5.74) is 3.68. The van der Waals surface area contributed by atoms with Crippen LogP contribution in [0.25, 0.3) is 0 Å². The Kier molecular flexibility index (Phi) is 7.47. The highest BCUT2D eigenvalue weighted by Gasteiger charge is 2.04. The Morgan fingerprint density at radius 2 is 1.47 bits per heavy atom. The number of hydrogen-bond donors (Lipinski definition) is 0. The Balaban J connectivity index is 2.23. The number of rotatable bonds is 9. The summed E-state index contributed by atoms with van der Waals surface area (Å²) in [5.74, 6) is 0.389. The Hall–Kier alpha value is -1.11. The van der Waals surface area contributed by atoms with Gasteiger partial charge in [0.1, 0.15) is 5.78 Å². The molecule has 106 valence electrons. The molecule has 0 radical (unpaired) electrons. The first kappa shape index (κ1) is 15.9. The maximum atomic E-state index is 11.9. The van der Waals surface area contributed by atoms with Crippen molar-refractivity contribution in [1.82, 2.24) is 0 Å². The summed E-state index contributed by atoms with van der Waals surface area (Å²) < 4.78 is 0. The van der Waals surface area contributed by atoms with E-state index in [0.29, 0.717) is 12.2 Å². The second-order valence-electron chi connectivity index (χ2n) is 5.73. The predicted octanol–water partition coefficient (Wildman–Crippen LogP) is 5.17. The number of benzene rings is 1. The largest absolute Gasteiger partial charge is 0.299 e. The molecule has 1 nitrogen and oxygen atoms in total. The van der Waals surface area contributed by atoms with Gasteiger partial charge in [0.05, 0.1) is 0 Å². The van der Waals surface area contributed by atoms with Gasteiger partial charge in [-0.1, -0.05) is 68.4 Å². The normalized spacial score (nSPS) is 10.7. The van der Waals surface area contributed by atoms with Crippen molar-refractivity contribution in [3.63, 3.8) is 0 Å². The van der Waals surface area contributed by atoms with Crippen LogP contribution in [-0.4, -0.2) is 5.78 Å². The molecule has 0 aliphatic carbocycles. The molecular weight excluding hydrogens is 232 g/mol. The molecule has 0 spiro atoms. The fourth-order valence-corrected chi connectivity index (χ4v) is 2.59. The van der Waals surface area contributed by atoms with Gasteiger partial charge in [-0.25, -0.2) is 0 Å². The van der Waals surface area contributed by atoms with Crippen molar-refractivity contribution < 1.29 is 4.79 Å². The minimum atomic E-state index is 0.389. The van der Waals surface area contributed by atoms with Gasteiger partial charge in [-0.2, -0.15) is 0 Å². The summed E-state index contributed by atoms with van der Waals surface area (Å²) in [6.45, 7) is 6.41. The van der Waals surface area contributed by atoms with E-state index in [1.54, 1.807) is 0 Å². The number of Topliss-reactive ketones (excluding diaryl/α,β-unsaturated/α-hetero) is 1. The van der Waals surface area contributed by atoms with Gasteiger partial charge in [0, 0.05) is 12.8 Å². The molecule has 1 aromatic carbocycles. The molecule has 1 heteroatoms. The van der Waals surface area contributed by atoms with Gasteiger partial charge in [-0.15, -0.1) is 0 Å². The van der Waals surface area contributed by atoms with Crippen molar-refractivity contribution in [3.8, 4) is 0 Å². The number of carbonyl (C=O) groups excluding carboxylic acids is 1. The van der Waals surface area contributed by atoms with E-state index in [1.165, 1.54) is 48.8 Å². The van der Waals surface area contributed by atoms with E-state index < -0.39 is 0 Å². The first-order valence-corrected chi connectivity index (χ1v) is 7.70. The molecule has 0 aliphatic heterocycles. The second-order valence-corrected chi connectivity index (χ2v) is 5.73. The van der Waals surface area contributed by atoms with Crippen LogP contribution in [0.5, 0.6) is 0 Å². The Morgan fingerprint density at radius 1 is 0.895 bits per heavy atom. The van der Waals surface area contributed by atoms with Crippen LogP contribution in [0.2, 0.25) is 0 Å². The van der Waals surface area contributed by atoms with Crippen LogP contribution in [0.4, 0.5) is 0 Å². The first-order valence-electron chi connectivity index (χ1n) is 7.70. The van der Waals surface area contributed by atoms with Crippen LogP contribution >= 0.6 is 0 Å². The zero-order chi connectivity index (χ0) is 14.1. The van der Waals surface area contributed by atoms with Gasteiger partial charge in [0.2, 0.25) is 0 Å². The number of ketones is 1. The monoisotopic (exact) mass is 260 g/mol. The van der Waals surface area contributed by atoms with Crippen LogP contribution in [0.1, 0.15) is 68.6 Å². The van der Waals surface area contributed by atoms with Crippen molar-refractivity contribution in [1.29, 1.82) is 0 Å². The van der Waals surface area contributed by atoms with Crippen molar-refractivity contribution in [2.75, 3.05) is 0 Å². The molecule has 0 amide bonds. The smallest absolute Gasteiger partial charge is 0.137 e. The zero-order valence-corrected chi connectivity index (χ0v) is 12.8. The van der Waals surface area contributed by atoms with Gasteiger partial charge >= 0.3 is 0 Å². The minimum Gasteiger partial charge on any atom is -0.299 e. The maximum absolute atomic E-state index is 11.9. The number of hydrogen-bond acceptors (Lipinski definition) is 1. The fraction of sp³-hybridized carbons (Fsp3) is 0.611. The Bertz CT molecular complexity index is 372. The van der Waals surface area contributed by atoms with Crippen molar-refractivity contribution in [2.45, 2.75) is 72.1 Å². The lowest BCUT2D eigenvalue weighted by molar-refractivity contribution is -0.118. The van der Waals surface area contributed by atoms with Gasteiger partial charge in [0.25, 0.3) is 0 Å². The average molecular weight is 260 g/mol. The Labute approximate surface area is 118 Å². The zero-order valence-electron chi connectivity index (χ0n) is 12.8. The van der Waals surface area contributed by atoms with Crippen molar-refractivity contribution in [3.05, 3.63) is 34.9 Å². The van der Waals surface area contributed by atoms with Crippen LogP contribution < -0.4 is 0 Å². The highest BCUT2D eigenvalue weighted by atomic mass is 16.1. The third kappa shape index (κ3) is 7.15. The molecule has 0 N–H and O–H groups in total. The average Bonchev–Trinajstić information content (AvgIpc) is 2.32. The molecule has 0 atom stereocenters. The molecule has 0 aromatic heterocycles. The highest BCUT2D eigenvalue weighted by molar-refractivity contribution is 5.80. The van der Waals surface area contributed by atoms with E-state index >= 15 is 0 Å². The van der Waals surface area contributed by atoms with E-state index in [2.05, 4.69) is 39.0 Å². The van der Waals surface area contributed by atoms with Crippen LogP contribution in [0, 0.1) is 13.8 Å². The molecule has 1 aromatic rings. The second kappa shape index (κ2) is 8.90. The lowest BCUT2D eigenvalue weighted by atomic mass is 10.00. The molecule has 0 heterocycles. The van der Waals surface area contributed by atoms with Crippen molar-refractivity contribution >= 4 is 5.78 Å². The van der Waals surface area contributed by atoms with E-state index in [4.69, 9.17) is 0 Å². The van der Waals surface area contributed by atoms with E-state index in [-0.39, 0.29) is 0 Å². The maximum Gasteiger partial charge on any atom is 0.137 e. The van der Waals surface area contributed by atoms with Gasteiger partial charge in [0.15, 0.2) is 0 Å². The SMILES string of the molecule is CCCCCCCCC(=O)Cc1cc(C)cc(C)c1. The van der Waals surface area contributed by atoms with Crippen molar-refractivity contribution in [2.24, 2.45) is 0 Å². The topological polar surface area (TPSA) is 17.1 Å². The molecular formula is C18H28O. The van der Waals surface area contributed by atoms with Gasteiger partial charge in [-0.05, 0) is 25.8 Å². The number of carbonyl (C=O) groups is 1. The summed E-state index contributed by atoms with van der Waals surface area (Å²) in [7, 11) is 0. The summed E-state index contributed by atoms with van der Waals surface area (Å²) in [6.07, 6.45) is 8.84. The van der Waals surface area contributed by atoms with Gasteiger partial charge in [-0.3, -0.25) is 4.79 Å². The quantitative estimate of drug-likeness (QED) is 0.560. The van der Waals surface area contributed by atoms with Crippen LogP contribution in [0.15, 0.2) is 18.2 Å². The molecule has 0 saturated carbocycles. The summed E-state index contributed by atoms with van der Waals surface area (Å²) >= 11 is 0. The van der Waals surface area contributed by atoms with E-state index in [9.17, 15) is 4.79 Å². The lowest BCUT2D eigenvalue weighted by Gasteiger charge is -2.05. The molecule has 0 saturated heterocycles. The molecule has 0 unspecified atom stereocenters. The van der Waals surface area contributed by atoms with E-state index in [1.807, 2.05) is 0 Å². The summed E-state index contributed by atoms with van der Waals surface area (Å²) in [4.78, 5) is 11.9. The van der Waals surface area contributed by atoms with Crippen LogP contribution in [-0.2, 0) is 11.2 Å². The highest BCUT2D eigenvalue weighted by Crippen LogP contribution is 2.12. The predicted molar refractivity (Wildman–Crippen MR) is 82.6 cm³/mol. The standard InChI is InChI=1S/C18H28O/c1-4-5-6-7-8-9-10-18(19)14-17-12-15(2)11-16(3)13-17/h11-13H,4-10,14H2,1-3H3. The Morgan fingerprint density at radius 3 is 2.11 bits per heavy atom. The first-order chi connectivity index (χ1) is 9.11. The fourth-order valence-electron chi connectivity index (χ4n) is 2.59. The minimum absolute atomic E-state index is 0.389. The van der Waals surface area contributed by atoms with Crippen LogP contribution in [0.3, 0.4) is 0 Å².